The lowest BCUT2D eigenvalue weighted by Crippen LogP contribution is -2.38. The van der Waals surface area contributed by atoms with E-state index in [4.69, 9.17) is 11.6 Å². The van der Waals surface area contributed by atoms with E-state index in [1.54, 1.807) is 6.20 Å². The highest BCUT2D eigenvalue weighted by atomic mass is 35.5. The Balaban J connectivity index is 2.04. The Morgan fingerprint density at radius 1 is 1.56 bits per heavy atom. The second-order valence-electron chi connectivity index (χ2n) is 4.13. The van der Waals surface area contributed by atoms with Crippen molar-refractivity contribution in [2.24, 2.45) is 0 Å². The van der Waals surface area contributed by atoms with Crippen LogP contribution < -0.4 is 10.2 Å². The van der Waals surface area contributed by atoms with Crippen LogP contribution in [0.3, 0.4) is 0 Å². The van der Waals surface area contributed by atoms with Crippen molar-refractivity contribution >= 4 is 17.4 Å². The first-order valence-electron chi connectivity index (χ1n) is 5.90. The first-order chi connectivity index (χ1) is 7.81. The van der Waals surface area contributed by atoms with E-state index in [9.17, 15) is 0 Å². The van der Waals surface area contributed by atoms with Crippen LogP contribution in [0.5, 0.6) is 0 Å². The molecule has 2 heterocycles. The zero-order chi connectivity index (χ0) is 11.4. The average molecular weight is 240 g/mol. The predicted molar refractivity (Wildman–Crippen MR) is 68.2 cm³/mol. The van der Waals surface area contributed by atoms with Crippen molar-refractivity contribution in [1.82, 2.24) is 10.3 Å². The zero-order valence-corrected chi connectivity index (χ0v) is 10.4. The summed E-state index contributed by atoms with van der Waals surface area (Å²) in [6.45, 7) is 5.31. The van der Waals surface area contributed by atoms with Gasteiger partial charge >= 0.3 is 0 Å². The standard InChI is InChI=1S/C12H18ClN3/c1-2-14-9-11-4-3-7-16(11)12-6-5-10(13)8-15-12/h5-6,8,11,14H,2-4,7,9H2,1H3. The SMILES string of the molecule is CCNCC1CCCN1c1ccc(Cl)cn1. The van der Waals surface area contributed by atoms with Crippen molar-refractivity contribution in [2.45, 2.75) is 25.8 Å². The molecule has 16 heavy (non-hydrogen) atoms. The lowest BCUT2D eigenvalue weighted by atomic mass is 10.2. The first kappa shape index (κ1) is 11.7. The number of nitrogens with one attached hydrogen (secondary N) is 1. The lowest BCUT2D eigenvalue weighted by molar-refractivity contribution is 0.585. The fourth-order valence-electron chi connectivity index (χ4n) is 2.20. The van der Waals surface area contributed by atoms with E-state index in [0.29, 0.717) is 11.1 Å². The van der Waals surface area contributed by atoms with Crippen LogP contribution in [0.2, 0.25) is 5.02 Å². The fourth-order valence-corrected chi connectivity index (χ4v) is 2.31. The van der Waals surface area contributed by atoms with Gasteiger partial charge in [-0.3, -0.25) is 0 Å². The van der Waals surface area contributed by atoms with Crippen LogP contribution in [0, 0.1) is 0 Å². The molecule has 1 aromatic heterocycles. The summed E-state index contributed by atoms with van der Waals surface area (Å²) in [6.07, 6.45) is 4.22. The highest BCUT2D eigenvalue weighted by Gasteiger charge is 2.24. The van der Waals surface area contributed by atoms with Crippen molar-refractivity contribution < 1.29 is 0 Å². The number of pyridine rings is 1. The van der Waals surface area contributed by atoms with Crippen molar-refractivity contribution in [3.05, 3.63) is 23.4 Å². The second-order valence-corrected chi connectivity index (χ2v) is 4.57. The van der Waals surface area contributed by atoms with E-state index in [2.05, 4.69) is 22.1 Å². The molecule has 0 aliphatic carbocycles. The Labute approximate surface area is 102 Å². The maximum Gasteiger partial charge on any atom is 0.128 e. The third kappa shape index (κ3) is 2.66. The second kappa shape index (κ2) is 5.51. The van der Waals surface area contributed by atoms with Gasteiger partial charge in [0.25, 0.3) is 0 Å². The van der Waals surface area contributed by atoms with Gasteiger partial charge in [-0.2, -0.15) is 0 Å². The molecule has 1 atom stereocenters. The van der Waals surface area contributed by atoms with Gasteiger partial charge in [-0.15, -0.1) is 0 Å². The predicted octanol–water partition coefficient (Wildman–Crippen LogP) is 2.31. The van der Waals surface area contributed by atoms with Crippen LogP contribution in [0.1, 0.15) is 19.8 Å². The molecule has 1 fully saturated rings. The van der Waals surface area contributed by atoms with Gasteiger partial charge in [0.2, 0.25) is 0 Å². The van der Waals surface area contributed by atoms with E-state index in [1.165, 1.54) is 12.8 Å². The van der Waals surface area contributed by atoms with E-state index < -0.39 is 0 Å². The van der Waals surface area contributed by atoms with Crippen LogP contribution >= 0.6 is 11.6 Å². The molecule has 0 amide bonds. The van der Waals surface area contributed by atoms with E-state index in [0.717, 1.165) is 25.5 Å². The number of nitrogens with zero attached hydrogens (tertiary/aromatic N) is 2. The van der Waals surface area contributed by atoms with Gasteiger partial charge in [-0.25, -0.2) is 4.98 Å². The van der Waals surface area contributed by atoms with Gasteiger partial charge < -0.3 is 10.2 Å². The van der Waals surface area contributed by atoms with Gasteiger partial charge in [0.15, 0.2) is 0 Å². The van der Waals surface area contributed by atoms with Gasteiger partial charge in [0.1, 0.15) is 5.82 Å². The number of rotatable bonds is 4. The summed E-state index contributed by atoms with van der Waals surface area (Å²) in [5, 5.41) is 4.11. The molecular formula is C12H18ClN3. The molecule has 0 bridgehead atoms. The highest BCUT2D eigenvalue weighted by Crippen LogP contribution is 2.24. The van der Waals surface area contributed by atoms with E-state index in [-0.39, 0.29) is 0 Å². The molecule has 0 radical (unpaired) electrons. The fraction of sp³-hybridized carbons (Fsp3) is 0.583. The molecule has 0 saturated carbocycles. The molecule has 1 aliphatic heterocycles. The molecule has 1 unspecified atom stereocenters. The van der Waals surface area contributed by atoms with Gasteiger partial charge in [-0.1, -0.05) is 18.5 Å². The molecule has 3 nitrogen and oxygen atoms in total. The number of halogens is 1. The largest absolute Gasteiger partial charge is 0.352 e. The molecule has 2 rings (SSSR count). The summed E-state index contributed by atoms with van der Waals surface area (Å²) in [5.41, 5.74) is 0. The molecule has 1 aromatic rings. The van der Waals surface area contributed by atoms with Crippen molar-refractivity contribution in [1.29, 1.82) is 0 Å². The molecule has 88 valence electrons. The quantitative estimate of drug-likeness (QED) is 0.874. The third-order valence-electron chi connectivity index (χ3n) is 3.01. The van der Waals surface area contributed by atoms with Crippen LogP contribution in [-0.4, -0.2) is 30.7 Å². The van der Waals surface area contributed by atoms with Gasteiger partial charge in [-0.05, 0) is 31.5 Å². The molecule has 0 spiro atoms. The Morgan fingerprint density at radius 2 is 2.44 bits per heavy atom. The summed E-state index contributed by atoms with van der Waals surface area (Å²) in [5.74, 6) is 1.05. The van der Waals surface area contributed by atoms with E-state index >= 15 is 0 Å². The minimum absolute atomic E-state index is 0.577. The summed E-state index contributed by atoms with van der Waals surface area (Å²) < 4.78 is 0. The number of hydrogen-bond acceptors (Lipinski definition) is 3. The number of aromatic nitrogens is 1. The normalized spacial score (nSPS) is 20.4. The van der Waals surface area contributed by atoms with Crippen molar-refractivity contribution in [2.75, 3.05) is 24.5 Å². The Hall–Kier alpha value is -0.800. The van der Waals surface area contributed by atoms with E-state index in [1.807, 2.05) is 12.1 Å². The molecule has 1 N–H and O–H groups in total. The summed E-state index contributed by atoms with van der Waals surface area (Å²) in [6, 6.07) is 4.49. The third-order valence-corrected chi connectivity index (χ3v) is 3.24. The highest BCUT2D eigenvalue weighted by molar-refractivity contribution is 6.30. The minimum atomic E-state index is 0.577. The number of hydrogen-bond donors (Lipinski definition) is 1. The number of anilines is 1. The van der Waals surface area contributed by atoms with Crippen molar-refractivity contribution in [3.63, 3.8) is 0 Å². The molecular weight excluding hydrogens is 222 g/mol. The summed E-state index contributed by atoms with van der Waals surface area (Å²) in [4.78, 5) is 6.76. The first-order valence-corrected chi connectivity index (χ1v) is 6.28. The summed E-state index contributed by atoms with van der Waals surface area (Å²) >= 11 is 5.84. The van der Waals surface area contributed by atoms with Gasteiger partial charge in [0, 0.05) is 25.3 Å². The topological polar surface area (TPSA) is 28.2 Å². The van der Waals surface area contributed by atoms with Crippen LogP contribution in [0.25, 0.3) is 0 Å². The van der Waals surface area contributed by atoms with Gasteiger partial charge in [0.05, 0.1) is 5.02 Å². The van der Waals surface area contributed by atoms with Crippen molar-refractivity contribution in [3.8, 4) is 0 Å². The molecule has 4 heteroatoms. The molecule has 1 saturated heterocycles. The zero-order valence-electron chi connectivity index (χ0n) is 9.62. The van der Waals surface area contributed by atoms with Crippen LogP contribution in [-0.2, 0) is 0 Å². The minimum Gasteiger partial charge on any atom is -0.352 e. The van der Waals surface area contributed by atoms with Crippen LogP contribution in [0.15, 0.2) is 18.3 Å². The Bertz CT molecular complexity index is 326. The smallest absolute Gasteiger partial charge is 0.128 e. The monoisotopic (exact) mass is 239 g/mol. The number of likely N-dealkylation sites (N-methyl/N-ethyl adjacent to an activating group) is 1. The summed E-state index contributed by atoms with van der Waals surface area (Å²) in [7, 11) is 0. The van der Waals surface area contributed by atoms with Crippen LogP contribution in [0.4, 0.5) is 5.82 Å². The lowest BCUT2D eigenvalue weighted by Gasteiger charge is -2.25. The average Bonchev–Trinajstić information content (AvgIpc) is 2.75. The maximum atomic E-state index is 5.84. The Morgan fingerprint density at radius 3 is 3.12 bits per heavy atom. The maximum absolute atomic E-state index is 5.84. The molecule has 0 aromatic carbocycles. The Kier molecular flexibility index (Phi) is 4.02. The molecule has 1 aliphatic rings.